The molecular weight excluding hydrogens is 244 g/mol. The Morgan fingerprint density at radius 1 is 1.50 bits per heavy atom. The van der Waals surface area contributed by atoms with Gasteiger partial charge in [0.25, 0.3) is 0 Å². The van der Waals surface area contributed by atoms with Crippen LogP contribution in [0.2, 0.25) is 0 Å². The maximum Gasteiger partial charge on any atom is 0.223 e. The fourth-order valence-corrected chi connectivity index (χ4v) is 2.47. The number of anilines is 2. The molecule has 2 aromatic heterocycles. The molecule has 0 bridgehead atoms. The summed E-state index contributed by atoms with van der Waals surface area (Å²) in [5, 5.41) is 3.86. The molecule has 0 aromatic carbocycles. The van der Waals surface area contributed by atoms with Gasteiger partial charge < -0.3 is 11.1 Å². The highest BCUT2D eigenvalue weighted by Crippen LogP contribution is 2.28. The molecule has 3 N–H and O–H groups in total. The molecule has 0 aliphatic rings. The van der Waals surface area contributed by atoms with Crippen LogP contribution in [-0.4, -0.2) is 25.9 Å². The van der Waals surface area contributed by atoms with Crippen LogP contribution in [0.4, 0.5) is 11.8 Å². The van der Waals surface area contributed by atoms with Gasteiger partial charge in [-0.1, -0.05) is 0 Å². The summed E-state index contributed by atoms with van der Waals surface area (Å²) in [5.41, 5.74) is 5.61. The molecule has 0 saturated heterocycles. The van der Waals surface area contributed by atoms with Gasteiger partial charge in [-0.05, 0) is 30.2 Å². The van der Waals surface area contributed by atoms with E-state index in [1.807, 2.05) is 13.0 Å². The van der Waals surface area contributed by atoms with E-state index in [2.05, 4.69) is 24.6 Å². The first kappa shape index (κ1) is 11.1. The molecule has 0 atom stereocenters. The Kier molecular flexibility index (Phi) is 3.52. The van der Waals surface area contributed by atoms with Gasteiger partial charge in [0, 0.05) is 12.6 Å². The van der Waals surface area contributed by atoms with Crippen molar-refractivity contribution in [1.29, 1.82) is 0 Å². The summed E-state index contributed by atoms with van der Waals surface area (Å²) in [4.78, 5) is 12.2. The molecule has 0 unspecified atom stereocenters. The Bertz CT molecular complexity index is 458. The van der Waals surface area contributed by atoms with Crippen LogP contribution in [0.5, 0.6) is 0 Å². The van der Waals surface area contributed by atoms with Crippen molar-refractivity contribution in [2.75, 3.05) is 17.6 Å². The first-order chi connectivity index (χ1) is 7.78. The highest BCUT2D eigenvalue weighted by atomic mass is 32.2. The monoisotopic (exact) mass is 254 g/mol. The summed E-state index contributed by atoms with van der Waals surface area (Å²) in [6, 6.07) is 1.84. The smallest absolute Gasteiger partial charge is 0.223 e. The normalized spacial score (nSPS) is 10.3. The fraction of sp³-hybridized carbons (Fsp3) is 0.250. The molecule has 0 saturated carbocycles. The predicted octanol–water partition coefficient (Wildman–Crippen LogP) is 1.49. The van der Waals surface area contributed by atoms with E-state index in [1.54, 1.807) is 0 Å². The van der Waals surface area contributed by atoms with Crippen LogP contribution >= 0.6 is 23.3 Å². The van der Waals surface area contributed by atoms with Crippen molar-refractivity contribution in [3.05, 3.63) is 12.4 Å². The second-order valence-electron chi connectivity index (χ2n) is 2.79. The highest BCUT2D eigenvalue weighted by molar-refractivity contribution is 8.00. The SMILES string of the molecule is CCNc1cc(Sc2ncns2)nc(N)n1. The average molecular weight is 254 g/mol. The van der Waals surface area contributed by atoms with Crippen LogP contribution in [0, 0.1) is 0 Å². The van der Waals surface area contributed by atoms with E-state index in [0.717, 1.165) is 21.7 Å². The first-order valence-corrected chi connectivity index (χ1v) is 6.20. The topological polar surface area (TPSA) is 89.6 Å². The van der Waals surface area contributed by atoms with Crippen LogP contribution < -0.4 is 11.1 Å². The zero-order valence-corrected chi connectivity index (χ0v) is 10.2. The maximum absolute atomic E-state index is 5.61. The van der Waals surface area contributed by atoms with Crippen LogP contribution in [-0.2, 0) is 0 Å². The molecule has 0 amide bonds. The van der Waals surface area contributed by atoms with Crippen molar-refractivity contribution in [3.63, 3.8) is 0 Å². The van der Waals surface area contributed by atoms with Gasteiger partial charge in [0.1, 0.15) is 17.2 Å². The Hall–Kier alpha value is -1.41. The molecule has 84 valence electrons. The Balaban J connectivity index is 2.20. The lowest BCUT2D eigenvalue weighted by molar-refractivity contribution is 1.04. The lowest BCUT2D eigenvalue weighted by Gasteiger charge is -2.04. The first-order valence-electron chi connectivity index (χ1n) is 4.61. The van der Waals surface area contributed by atoms with Gasteiger partial charge >= 0.3 is 0 Å². The fourth-order valence-electron chi connectivity index (χ4n) is 1.06. The molecule has 0 aliphatic heterocycles. The van der Waals surface area contributed by atoms with Crippen LogP contribution in [0.15, 0.2) is 21.8 Å². The average Bonchev–Trinajstić information content (AvgIpc) is 2.70. The van der Waals surface area contributed by atoms with Gasteiger partial charge in [-0.15, -0.1) is 0 Å². The van der Waals surface area contributed by atoms with Gasteiger partial charge in [0.2, 0.25) is 5.95 Å². The maximum atomic E-state index is 5.61. The summed E-state index contributed by atoms with van der Waals surface area (Å²) >= 11 is 2.75. The zero-order chi connectivity index (χ0) is 11.4. The molecule has 0 fully saturated rings. The van der Waals surface area contributed by atoms with Crippen molar-refractivity contribution in [3.8, 4) is 0 Å². The van der Waals surface area contributed by atoms with E-state index in [4.69, 9.17) is 5.73 Å². The lowest BCUT2D eigenvalue weighted by atomic mass is 10.5. The number of nitrogens with one attached hydrogen (secondary N) is 1. The number of nitrogens with two attached hydrogens (primary N) is 1. The minimum Gasteiger partial charge on any atom is -0.370 e. The Labute approximate surface area is 101 Å². The molecular formula is C8H10N6S2. The molecule has 0 aliphatic carbocycles. The van der Waals surface area contributed by atoms with Crippen LogP contribution in [0.1, 0.15) is 6.92 Å². The lowest BCUT2D eigenvalue weighted by Crippen LogP contribution is -2.03. The van der Waals surface area contributed by atoms with E-state index in [1.165, 1.54) is 29.6 Å². The quantitative estimate of drug-likeness (QED) is 0.799. The number of hydrogen-bond donors (Lipinski definition) is 2. The zero-order valence-electron chi connectivity index (χ0n) is 8.54. The third-order valence-electron chi connectivity index (χ3n) is 1.61. The summed E-state index contributed by atoms with van der Waals surface area (Å²) in [6.45, 7) is 2.79. The van der Waals surface area contributed by atoms with Crippen LogP contribution in [0.25, 0.3) is 0 Å². The van der Waals surface area contributed by atoms with Crippen LogP contribution in [0.3, 0.4) is 0 Å². The van der Waals surface area contributed by atoms with Crippen molar-refractivity contribution in [2.45, 2.75) is 16.3 Å². The third kappa shape index (κ3) is 2.80. The van der Waals surface area contributed by atoms with Gasteiger partial charge in [-0.2, -0.15) is 9.36 Å². The molecule has 0 spiro atoms. The summed E-state index contributed by atoms with van der Waals surface area (Å²) < 4.78 is 4.75. The number of nitrogen functional groups attached to an aromatic ring is 1. The van der Waals surface area contributed by atoms with Gasteiger partial charge in [0.05, 0.1) is 0 Å². The number of rotatable bonds is 4. The minimum absolute atomic E-state index is 0.255. The standard InChI is InChI=1S/C8H10N6S2/c1-2-10-5-3-6(14-7(9)13-5)15-8-11-4-12-16-8/h3-4H,2H2,1H3,(H3,9,10,13,14). The minimum atomic E-state index is 0.255. The van der Waals surface area contributed by atoms with E-state index in [-0.39, 0.29) is 5.95 Å². The largest absolute Gasteiger partial charge is 0.370 e. The van der Waals surface area contributed by atoms with E-state index in [0.29, 0.717) is 0 Å². The Morgan fingerprint density at radius 2 is 2.38 bits per heavy atom. The molecule has 2 aromatic rings. The van der Waals surface area contributed by atoms with E-state index in [9.17, 15) is 0 Å². The second-order valence-corrected chi connectivity index (χ2v) is 4.84. The Morgan fingerprint density at radius 3 is 3.06 bits per heavy atom. The van der Waals surface area contributed by atoms with Gasteiger partial charge in [-0.25, -0.2) is 9.97 Å². The third-order valence-corrected chi connectivity index (χ3v) is 3.24. The van der Waals surface area contributed by atoms with E-state index < -0.39 is 0 Å². The number of nitrogens with zero attached hydrogens (tertiary/aromatic N) is 4. The summed E-state index contributed by atoms with van der Waals surface area (Å²) in [6.07, 6.45) is 1.52. The predicted molar refractivity (Wildman–Crippen MR) is 64.6 cm³/mol. The van der Waals surface area contributed by atoms with Crippen molar-refractivity contribution >= 4 is 35.1 Å². The molecule has 8 heteroatoms. The van der Waals surface area contributed by atoms with Crippen molar-refractivity contribution < 1.29 is 0 Å². The van der Waals surface area contributed by atoms with Gasteiger partial charge in [-0.3, -0.25) is 0 Å². The second kappa shape index (κ2) is 5.08. The molecule has 2 rings (SSSR count). The number of aromatic nitrogens is 4. The van der Waals surface area contributed by atoms with Crippen molar-refractivity contribution in [2.24, 2.45) is 0 Å². The molecule has 0 radical (unpaired) electrons. The molecule has 16 heavy (non-hydrogen) atoms. The van der Waals surface area contributed by atoms with Crippen molar-refractivity contribution in [1.82, 2.24) is 19.3 Å². The van der Waals surface area contributed by atoms with Gasteiger partial charge in [0.15, 0.2) is 4.34 Å². The summed E-state index contributed by atoms with van der Waals surface area (Å²) in [7, 11) is 0. The van der Waals surface area contributed by atoms with E-state index >= 15 is 0 Å². The highest BCUT2D eigenvalue weighted by Gasteiger charge is 2.05. The summed E-state index contributed by atoms with van der Waals surface area (Å²) in [5.74, 6) is 0.979. The number of hydrogen-bond acceptors (Lipinski definition) is 8. The molecule has 6 nitrogen and oxygen atoms in total. The molecule has 2 heterocycles.